The number of carbonyl (C=O) groups is 2. The van der Waals surface area contributed by atoms with Crippen LogP contribution in [0.4, 0.5) is 0 Å². The van der Waals surface area contributed by atoms with Crippen LogP contribution in [0.2, 0.25) is 0 Å². The third kappa shape index (κ3) is 3.12. The Bertz CT molecular complexity index is 707. The lowest BCUT2D eigenvalue weighted by atomic mass is 9.89. The quantitative estimate of drug-likeness (QED) is 0.896. The van der Waals surface area contributed by atoms with Crippen LogP contribution in [0.15, 0.2) is 12.1 Å². The van der Waals surface area contributed by atoms with E-state index in [4.69, 9.17) is 0 Å². The molecule has 0 aromatic heterocycles. The van der Waals surface area contributed by atoms with Gasteiger partial charge < -0.3 is 14.9 Å². The van der Waals surface area contributed by atoms with Crippen molar-refractivity contribution in [2.75, 3.05) is 26.2 Å². The molecule has 4 rings (SSSR count). The molecule has 2 fully saturated rings. The zero-order valence-corrected chi connectivity index (χ0v) is 14.8. The van der Waals surface area contributed by atoms with Crippen molar-refractivity contribution in [1.29, 1.82) is 0 Å². The van der Waals surface area contributed by atoms with Crippen molar-refractivity contribution in [2.45, 2.75) is 39.0 Å². The van der Waals surface area contributed by atoms with E-state index in [9.17, 15) is 14.7 Å². The minimum Gasteiger partial charge on any atom is -0.507 e. The fourth-order valence-corrected chi connectivity index (χ4v) is 4.14. The number of nitrogens with zero attached hydrogens (tertiary/aromatic N) is 2. The van der Waals surface area contributed by atoms with E-state index in [1.165, 1.54) is 11.1 Å². The summed E-state index contributed by atoms with van der Waals surface area (Å²) >= 11 is 0. The Morgan fingerprint density at radius 3 is 2.16 bits per heavy atom. The van der Waals surface area contributed by atoms with Gasteiger partial charge >= 0.3 is 0 Å². The summed E-state index contributed by atoms with van der Waals surface area (Å²) in [6.07, 6.45) is 5.26. The van der Waals surface area contributed by atoms with Gasteiger partial charge in [-0.15, -0.1) is 0 Å². The number of fused-ring (bicyclic) bond motifs is 1. The highest BCUT2D eigenvalue weighted by Gasteiger charge is 2.42. The fraction of sp³-hybridized carbons (Fsp3) is 0.600. The summed E-state index contributed by atoms with van der Waals surface area (Å²) in [5.41, 5.74) is 2.79. The van der Waals surface area contributed by atoms with E-state index in [1.807, 2.05) is 11.0 Å². The molecule has 2 atom stereocenters. The average Bonchev–Trinajstić information content (AvgIpc) is 3.37. The van der Waals surface area contributed by atoms with E-state index in [1.54, 1.807) is 11.0 Å². The molecule has 1 aromatic rings. The molecule has 2 aliphatic carbocycles. The van der Waals surface area contributed by atoms with Gasteiger partial charge in [-0.25, -0.2) is 0 Å². The van der Waals surface area contributed by atoms with Crippen LogP contribution in [0.25, 0.3) is 0 Å². The first-order valence-corrected chi connectivity index (χ1v) is 9.47. The molecule has 2 amide bonds. The van der Waals surface area contributed by atoms with Gasteiger partial charge in [0.2, 0.25) is 5.91 Å². The SMILES string of the molecule is C[C@H]1C[C@@H]1C(=O)N1CCN(C(=O)c2cc3c(cc2O)CCCC3)CC1. The minimum atomic E-state index is -0.113. The maximum Gasteiger partial charge on any atom is 0.257 e. The van der Waals surface area contributed by atoms with Gasteiger partial charge in [0.15, 0.2) is 0 Å². The van der Waals surface area contributed by atoms with Crippen LogP contribution in [0, 0.1) is 11.8 Å². The number of piperazine rings is 1. The molecule has 0 unspecified atom stereocenters. The maximum absolute atomic E-state index is 12.8. The molecule has 5 heteroatoms. The van der Waals surface area contributed by atoms with Gasteiger partial charge in [0.05, 0.1) is 5.56 Å². The van der Waals surface area contributed by atoms with Crippen LogP contribution in [-0.2, 0) is 17.6 Å². The lowest BCUT2D eigenvalue weighted by Crippen LogP contribution is -2.51. The van der Waals surface area contributed by atoms with Crippen molar-refractivity contribution in [3.8, 4) is 5.75 Å². The predicted octanol–water partition coefficient (Wildman–Crippen LogP) is 2.21. The van der Waals surface area contributed by atoms with Crippen LogP contribution in [0.3, 0.4) is 0 Å². The summed E-state index contributed by atoms with van der Waals surface area (Å²) in [4.78, 5) is 28.8. The summed E-state index contributed by atoms with van der Waals surface area (Å²) in [6.45, 7) is 4.39. The molecule has 25 heavy (non-hydrogen) atoms. The standard InChI is InChI=1S/C20H26N2O3/c1-13-10-16(13)19(24)21-6-8-22(9-7-21)20(25)17-11-14-4-2-3-5-15(14)12-18(17)23/h11-13,16,23H,2-10H2,1H3/t13-,16-/m0/s1. The predicted molar refractivity (Wildman–Crippen MR) is 94.5 cm³/mol. The van der Waals surface area contributed by atoms with Crippen LogP contribution in [0.5, 0.6) is 5.75 Å². The Morgan fingerprint density at radius 1 is 1.00 bits per heavy atom. The molecule has 1 saturated heterocycles. The second kappa shape index (κ2) is 6.36. The van der Waals surface area contributed by atoms with Crippen LogP contribution in [0.1, 0.15) is 47.7 Å². The van der Waals surface area contributed by atoms with Gasteiger partial charge in [-0.05, 0) is 61.3 Å². The van der Waals surface area contributed by atoms with Crippen molar-refractivity contribution >= 4 is 11.8 Å². The lowest BCUT2D eigenvalue weighted by molar-refractivity contribution is -0.134. The van der Waals surface area contributed by atoms with E-state index in [-0.39, 0.29) is 23.5 Å². The highest BCUT2D eigenvalue weighted by atomic mass is 16.3. The zero-order valence-electron chi connectivity index (χ0n) is 14.8. The number of carbonyl (C=O) groups excluding carboxylic acids is 2. The Hall–Kier alpha value is -2.04. The summed E-state index contributed by atoms with van der Waals surface area (Å²) in [5, 5.41) is 10.3. The molecule has 1 aromatic carbocycles. The normalized spacial score (nSPS) is 25.5. The second-order valence-electron chi connectivity index (χ2n) is 7.78. The third-order valence-electron chi connectivity index (χ3n) is 6.00. The first-order chi connectivity index (χ1) is 12.0. The molecule has 1 saturated carbocycles. The molecule has 3 aliphatic rings. The minimum absolute atomic E-state index is 0.0935. The number of aryl methyl sites for hydroxylation is 2. The lowest BCUT2D eigenvalue weighted by Gasteiger charge is -2.35. The van der Waals surface area contributed by atoms with E-state index < -0.39 is 0 Å². The van der Waals surface area contributed by atoms with Gasteiger partial charge in [-0.3, -0.25) is 9.59 Å². The van der Waals surface area contributed by atoms with E-state index >= 15 is 0 Å². The van der Waals surface area contributed by atoms with E-state index in [2.05, 4.69) is 6.92 Å². The molecule has 0 radical (unpaired) electrons. The van der Waals surface area contributed by atoms with Crippen molar-refractivity contribution in [3.05, 3.63) is 28.8 Å². The van der Waals surface area contributed by atoms with Crippen LogP contribution < -0.4 is 0 Å². The second-order valence-corrected chi connectivity index (χ2v) is 7.78. The fourth-order valence-electron chi connectivity index (χ4n) is 4.14. The molecular weight excluding hydrogens is 316 g/mol. The molecule has 0 spiro atoms. The largest absolute Gasteiger partial charge is 0.507 e. The molecule has 0 bridgehead atoms. The van der Waals surface area contributed by atoms with Gasteiger partial charge in [0.1, 0.15) is 5.75 Å². The van der Waals surface area contributed by atoms with Crippen molar-refractivity contribution in [1.82, 2.24) is 9.80 Å². The number of benzene rings is 1. The Morgan fingerprint density at radius 2 is 1.56 bits per heavy atom. The van der Waals surface area contributed by atoms with Gasteiger partial charge in [-0.2, -0.15) is 0 Å². The first-order valence-electron chi connectivity index (χ1n) is 9.47. The van der Waals surface area contributed by atoms with Gasteiger partial charge in [0.25, 0.3) is 5.91 Å². The zero-order chi connectivity index (χ0) is 17.6. The monoisotopic (exact) mass is 342 g/mol. The maximum atomic E-state index is 12.8. The third-order valence-corrected chi connectivity index (χ3v) is 6.00. The van der Waals surface area contributed by atoms with Crippen molar-refractivity contribution in [3.63, 3.8) is 0 Å². The van der Waals surface area contributed by atoms with Gasteiger partial charge in [0, 0.05) is 32.1 Å². The number of hydrogen-bond acceptors (Lipinski definition) is 3. The Balaban J connectivity index is 1.43. The number of amides is 2. The molecule has 5 nitrogen and oxygen atoms in total. The topological polar surface area (TPSA) is 60.9 Å². The highest BCUT2D eigenvalue weighted by Crippen LogP contribution is 2.39. The average molecular weight is 342 g/mol. The number of aromatic hydroxyl groups is 1. The molecule has 1 aliphatic heterocycles. The number of phenolic OH excluding ortho intramolecular Hbond substituents is 1. The van der Waals surface area contributed by atoms with E-state index in [0.717, 1.165) is 32.1 Å². The molecule has 134 valence electrons. The molecule has 1 N–H and O–H groups in total. The molecular formula is C20H26N2O3. The summed E-state index contributed by atoms with van der Waals surface area (Å²) in [6, 6.07) is 3.66. The van der Waals surface area contributed by atoms with Gasteiger partial charge in [-0.1, -0.05) is 6.92 Å². The summed E-state index contributed by atoms with van der Waals surface area (Å²) in [5.74, 6) is 0.941. The highest BCUT2D eigenvalue weighted by molar-refractivity contribution is 5.97. The Labute approximate surface area is 148 Å². The summed E-state index contributed by atoms with van der Waals surface area (Å²) < 4.78 is 0. The van der Waals surface area contributed by atoms with Crippen molar-refractivity contribution < 1.29 is 14.7 Å². The smallest absolute Gasteiger partial charge is 0.257 e. The molecule has 1 heterocycles. The van der Waals surface area contributed by atoms with Crippen molar-refractivity contribution in [2.24, 2.45) is 11.8 Å². The van der Waals surface area contributed by atoms with Crippen LogP contribution in [-0.4, -0.2) is 52.9 Å². The first kappa shape index (κ1) is 16.4. The van der Waals surface area contributed by atoms with E-state index in [0.29, 0.717) is 37.7 Å². The Kier molecular flexibility index (Phi) is 4.18. The number of phenols is 1. The van der Waals surface area contributed by atoms with Crippen LogP contribution >= 0.6 is 0 Å². The number of hydrogen-bond donors (Lipinski definition) is 1. The summed E-state index contributed by atoms with van der Waals surface area (Å²) in [7, 11) is 0. The number of rotatable bonds is 2.